The highest BCUT2D eigenvalue weighted by molar-refractivity contribution is 5.71. The molecule has 3 aromatic heterocycles. The third kappa shape index (κ3) is 4.19. The molecule has 172 valence electrons. The predicted octanol–water partition coefficient (Wildman–Crippen LogP) is 4.11. The molecule has 0 amide bonds. The summed E-state index contributed by atoms with van der Waals surface area (Å²) in [6.07, 6.45) is 7.00. The molecule has 0 N–H and O–H groups in total. The summed E-state index contributed by atoms with van der Waals surface area (Å²) < 4.78 is 24.4. The summed E-state index contributed by atoms with van der Waals surface area (Å²) in [5, 5.41) is 12.7. The number of para-hydroxylation sites is 2. The summed E-state index contributed by atoms with van der Waals surface area (Å²) >= 11 is 0. The van der Waals surface area contributed by atoms with Crippen LogP contribution in [0.2, 0.25) is 0 Å². The van der Waals surface area contributed by atoms with E-state index in [2.05, 4.69) is 22.3 Å². The maximum Gasteiger partial charge on any atom is 0.276 e. The van der Waals surface area contributed by atoms with Gasteiger partial charge in [0.05, 0.1) is 25.0 Å². The maximum atomic E-state index is 14.0. The third-order valence-electron chi connectivity index (χ3n) is 5.49. The zero-order valence-corrected chi connectivity index (χ0v) is 18.6. The second kappa shape index (κ2) is 9.30. The summed E-state index contributed by atoms with van der Waals surface area (Å²) in [5.41, 5.74) is 2.54. The Hall–Kier alpha value is -4.27. The molecule has 0 bridgehead atoms. The van der Waals surface area contributed by atoms with Gasteiger partial charge in [0.25, 0.3) is 5.56 Å². The van der Waals surface area contributed by atoms with Crippen LogP contribution >= 0.6 is 0 Å². The van der Waals surface area contributed by atoms with Gasteiger partial charge in [0, 0.05) is 18.0 Å². The molecule has 0 saturated carbocycles. The molecule has 0 aliphatic rings. The lowest BCUT2D eigenvalue weighted by Crippen LogP contribution is -2.21. The van der Waals surface area contributed by atoms with Gasteiger partial charge in [-0.05, 0) is 36.8 Å². The molecule has 9 heteroatoms. The van der Waals surface area contributed by atoms with E-state index in [0.29, 0.717) is 29.2 Å². The molecule has 34 heavy (non-hydrogen) atoms. The summed E-state index contributed by atoms with van der Waals surface area (Å²) in [6.45, 7) is 2.94. The molecule has 0 aliphatic carbocycles. The van der Waals surface area contributed by atoms with Crippen LogP contribution in [0.1, 0.15) is 25.5 Å². The molecule has 0 radical (unpaired) electrons. The fourth-order valence-corrected chi connectivity index (χ4v) is 3.71. The highest BCUT2D eigenvalue weighted by Gasteiger charge is 2.14. The van der Waals surface area contributed by atoms with Crippen molar-refractivity contribution in [2.75, 3.05) is 6.61 Å². The first-order valence-corrected chi connectivity index (χ1v) is 11.1. The van der Waals surface area contributed by atoms with Crippen molar-refractivity contribution in [3.05, 3.63) is 95.1 Å². The van der Waals surface area contributed by atoms with E-state index >= 15 is 0 Å². The second-order valence-corrected chi connectivity index (χ2v) is 7.89. The molecule has 3 heterocycles. The molecule has 5 rings (SSSR count). The van der Waals surface area contributed by atoms with Gasteiger partial charge in [-0.25, -0.2) is 13.6 Å². The largest absolute Gasteiger partial charge is 0.493 e. The molecular formula is C25H23FN6O2. The summed E-state index contributed by atoms with van der Waals surface area (Å²) in [7, 11) is 0. The molecular weight excluding hydrogens is 435 g/mol. The topological polar surface area (TPSA) is 79.2 Å². The Labute approximate surface area is 194 Å². The molecule has 5 aromatic rings. The number of fused-ring (bicyclic) bond motifs is 1. The Kier molecular flexibility index (Phi) is 5.90. The average Bonchev–Trinajstić information content (AvgIpc) is 3.49. The zero-order valence-electron chi connectivity index (χ0n) is 18.6. The molecule has 0 atom stereocenters. The van der Waals surface area contributed by atoms with Crippen LogP contribution < -0.4 is 10.3 Å². The minimum absolute atomic E-state index is 0.195. The van der Waals surface area contributed by atoms with Gasteiger partial charge in [0.1, 0.15) is 28.5 Å². The van der Waals surface area contributed by atoms with Crippen molar-refractivity contribution >= 4 is 5.52 Å². The second-order valence-electron chi connectivity index (χ2n) is 7.89. The van der Waals surface area contributed by atoms with E-state index in [1.807, 2.05) is 24.3 Å². The highest BCUT2D eigenvalue weighted by atomic mass is 19.1. The lowest BCUT2D eigenvalue weighted by Gasteiger charge is -2.09. The lowest BCUT2D eigenvalue weighted by molar-refractivity contribution is 0.310. The molecule has 0 spiro atoms. The van der Waals surface area contributed by atoms with Crippen molar-refractivity contribution in [2.24, 2.45) is 0 Å². The Morgan fingerprint density at radius 1 is 1.06 bits per heavy atom. The molecule has 2 aromatic carbocycles. The maximum absolute atomic E-state index is 14.0. The number of rotatable bonds is 8. The van der Waals surface area contributed by atoms with Crippen LogP contribution in [-0.4, -0.2) is 35.8 Å². The van der Waals surface area contributed by atoms with Gasteiger partial charge in [0.2, 0.25) is 0 Å². The van der Waals surface area contributed by atoms with Crippen molar-refractivity contribution in [2.45, 2.75) is 26.3 Å². The van der Waals surface area contributed by atoms with Crippen LogP contribution in [0.15, 0.2) is 78.0 Å². The standard InChI is InChI=1S/C25H23FN6O2/c1-2-3-14-34-24-11-7-4-8-19(24)21-15-23-25(33)30(12-13-31(23)28-21)16-18-17-32(29-27-18)22-10-6-5-9-20(22)26/h4-13,15,17H,2-3,14,16H2,1H3. The van der Waals surface area contributed by atoms with Crippen LogP contribution in [0.3, 0.4) is 0 Å². The number of ether oxygens (including phenoxy) is 1. The minimum Gasteiger partial charge on any atom is -0.493 e. The number of benzene rings is 2. The average molecular weight is 458 g/mol. The van der Waals surface area contributed by atoms with Crippen LogP contribution in [0.25, 0.3) is 22.5 Å². The number of aromatic nitrogens is 6. The van der Waals surface area contributed by atoms with Gasteiger partial charge >= 0.3 is 0 Å². The molecule has 0 saturated heterocycles. The van der Waals surface area contributed by atoms with Gasteiger partial charge in [-0.3, -0.25) is 4.79 Å². The van der Waals surface area contributed by atoms with Gasteiger partial charge in [-0.2, -0.15) is 5.10 Å². The van der Waals surface area contributed by atoms with Crippen LogP contribution in [0.4, 0.5) is 4.39 Å². The first-order chi connectivity index (χ1) is 16.6. The van der Waals surface area contributed by atoms with E-state index in [4.69, 9.17) is 4.74 Å². The first-order valence-electron chi connectivity index (χ1n) is 11.1. The summed E-state index contributed by atoms with van der Waals surface area (Å²) in [5.74, 6) is 0.340. The first kappa shape index (κ1) is 21.6. The quantitative estimate of drug-likeness (QED) is 0.327. The van der Waals surface area contributed by atoms with E-state index in [-0.39, 0.29) is 12.1 Å². The van der Waals surface area contributed by atoms with Gasteiger partial charge in [0.15, 0.2) is 0 Å². The molecule has 0 unspecified atom stereocenters. The van der Waals surface area contributed by atoms with Crippen LogP contribution in [-0.2, 0) is 6.54 Å². The fraction of sp³-hybridized carbons (Fsp3) is 0.200. The fourth-order valence-electron chi connectivity index (χ4n) is 3.71. The van der Waals surface area contributed by atoms with Crippen molar-refractivity contribution in [3.63, 3.8) is 0 Å². The van der Waals surface area contributed by atoms with E-state index < -0.39 is 5.82 Å². The SMILES string of the molecule is CCCCOc1ccccc1-c1cc2c(=O)n(Cc3cn(-c4ccccc4F)nn3)ccn2n1. The normalized spacial score (nSPS) is 11.2. The lowest BCUT2D eigenvalue weighted by atomic mass is 10.1. The van der Waals surface area contributed by atoms with Crippen molar-refractivity contribution in [1.82, 2.24) is 29.2 Å². The Morgan fingerprint density at radius 3 is 2.74 bits per heavy atom. The Bertz CT molecular complexity index is 1500. The number of unbranched alkanes of at least 4 members (excludes halogenated alkanes) is 1. The van der Waals surface area contributed by atoms with E-state index in [9.17, 15) is 9.18 Å². The van der Waals surface area contributed by atoms with E-state index in [0.717, 1.165) is 24.2 Å². The van der Waals surface area contributed by atoms with Crippen molar-refractivity contribution in [3.8, 4) is 22.7 Å². The number of halogens is 1. The molecule has 8 nitrogen and oxygen atoms in total. The molecule has 0 fully saturated rings. The number of hydrogen-bond acceptors (Lipinski definition) is 5. The Balaban J connectivity index is 1.44. The minimum atomic E-state index is -0.400. The van der Waals surface area contributed by atoms with Crippen molar-refractivity contribution < 1.29 is 9.13 Å². The smallest absolute Gasteiger partial charge is 0.276 e. The monoisotopic (exact) mass is 458 g/mol. The summed E-state index contributed by atoms with van der Waals surface area (Å²) in [6, 6.07) is 15.8. The van der Waals surface area contributed by atoms with Gasteiger partial charge in [-0.1, -0.05) is 42.8 Å². The van der Waals surface area contributed by atoms with Gasteiger partial charge < -0.3 is 9.30 Å². The number of nitrogens with zero attached hydrogens (tertiary/aromatic N) is 6. The van der Waals surface area contributed by atoms with E-state index in [1.54, 1.807) is 47.4 Å². The molecule has 0 aliphatic heterocycles. The van der Waals surface area contributed by atoms with E-state index in [1.165, 1.54) is 15.3 Å². The predicted molar refractivity (Wildman–Crippen MR) is 126 cm³/mol. The van der Waals surface area contributed by atoms with Gasteiger partial charge in [-0.15, -0.1) is 5.10 Å². The zero-order chi connectivity index (χ0) is 23.5. The van der Waals surface area contributed by atoms with Crippen LogP contribution in [0.5, 0.6) is 5.75 Å². The summed E-state index contributed by atoms with van der Waals surface area (Å²) in [4.78, 5) is 13.2. The van der Waals surface area contributed by atoms with Crippen LogP contribution in [0, 0.1) is 5.82 Å². The highest BCUT2D eigenvalue weighted by Crippen LogP contribution is 2.29. The van der Waals surface area contributed by atoms with Crippen molar-refractivity contribution in [1.29, 1.82) is 0 Å². The Morgan fingerprint density at radius 2 is 1.88 bits per heavy atom. The number of hydrogen-bond donors (Lipinski definition) is 0. The third-order valence-corrected chi connectivity index (χ3v) is 5.49.